The van der Waals surface area contributed by atoms with Crippen molar-refractivity contribution in [2.24, 2.45) is 5.73 Å². The van der Waals surface area contributed by atoms with Crippen LogP contribution in [-0.2, 0) is 15.6 Å². The zero-order valence-electron chi connectivity index (χ0n) is 10.5. The average molecular weight is 291 g/mol. The number of pyridine rings is 1. The Bertz CT molecular complexity index is 757. The fraction of sp³-hybridized carbons (Fsp3) is 0.0769. The van der Waals surface area contributed by atoms with Crippen molar-refractivity contribution in [3.63, 3.8) is 0 Å². The molecule has 6 nitrogen and oxygen atoms in total. The fourth-order valence-corrected chi connectivity index (χ4v) is 3.27. The smallest absolute Gasteiger partial charge is 0.249 e. The third-order valence-electron chi connectivity index (χ3n) is 2.72. The topological polar surface area (TPSA) is 116 Å². The lowest BCUT2D eigenvalue weighted by Gasteiger charge is -2.08. The van der Waals surface area contributed by atoms with Gasteiger partial charge >= 0.3 is 0 Å². The minimum Gasteiger partial charge on any atom is -0.396 e. The lowest BCUT2D eigenvalue weighted by molar-refractivity contribution is 0.0999. The van der Waals surface area contributed by atoms with E-state index in [1.54, 1.807) is 18.2 Å². The number of nitrogens with two attached hydrogens (primary N) is 2. The predicted molar refractivity (Wildman–Crippen MR) is 74.5 cm³/mol. The van der Waals surface area contributed by atoms with Crippen molar-refractivity contribution in [2.75, 3.05) is 5.73 Å². The largest absolute Gasteiger partial charge is 0.396 e. The zero-order valence-corrected chi connectivity index (χ0v) is 11.3. The molecule has 0 fully saturated rings. The van der Waals surface area contributed by atoms with Crippen LogP contribution in [0.3, 0.4) is 0 Å². The maximum Gasteiger partial charge on any atom is 0.249 e. The Morgan fingerprint density at radius 3 is 2.50 bits per heavy atom. The van der Waals surface area contributed by atoms with E-state index in [0.717, 1.165) is 0 Å². The molecule has 0 radical (unpaired) electrons. The van der Waals surface area contributed by atoms with E-state index < -0.39 is 15.7 Å². The van der Waals surface area contributed by atoms with Crippen LogP contribution < -0.4 is 11.5 Å². The number of benzene rings is 1. The molecule has 20 heavy (non-hydrogen) atoms. The van der Waals surface area contributed by atoms with E-state index in [2.05, 4.69) is 4.98 Å². The molecule has 104 valence electrons. The lowest BCUT2D eigenvalue weighted by atomic mass is 10.1. The number of hydrogen-bond donors (Lipinski definition) is 2. The summed E-state index contributed by atoms with van der Waals surface area (Å²) in [5.74, 6) is -1.06. The second-order valence-corrected chi connectivity index (χ2v) is 6.08. The van der Waals surface area contributed by atoms with Crippen molar-refractivity contribution in [3.05, 3.63) is 53.7 Å². The summed E-state index contributed by atoms with van der Waals surface area (Å²) in [6.07, 6.45) is 1.35. The molecule has 1 aromatic carbocycles. The van der Waals surface area contributed by atoms with Gasteiger partial charge in [-0.05, 0) is 23.8 Å². The number of carbonyl (C=O) groups excluding carboxylic acids is 1. The van der Waals surface area contributed by atoms with Gasteiger partial charge in [0.1, 0.15) is 0 Å². The molecular weight excluding hydrogens is 278 g/mol. The number of nitrogens with zero attached hydrogens (tertiary/aromatic N) is 1. The van der Waals surface area contributed by atoms with Crippen LogP contribution in [0.1, 0.15) is 15.9 Å². The Labute approximate surface area is 116 Å². The minimum atomic E-state index is -3.74. The van der Waals surface area contributed by atoms with E-state index in [1.165, 1.54) is 24.4 Å². The number of aromatic nitrogens is 1. The van der Waals surface area contributed by atoms with Crippen molar-refractivity contribution >= 4 is 21.4 Å². The van der Waals surface area contributed by atoms with Gasteiger partial charge in [0.25, 0.3) is 0 Å². The van der Waals surface area contributed by atoms with Crippen LogP contribution in [0.4, 0.5) is 5.69 Å². The highest BCUT2D eigenvalue weighted by molar-refractivity contribution is 7.90. The van der Waals surface area contributed by atoms with Crippen LogP contribution in [0.25, 0.3) is 0 Å². The Kier molecular flexibility index (Phi) is 3.71. The Morgan fingerprint density at radius 2 is 1.85 bits per heavy atom. The third kappa shape index (κ3) is 2.77. The summed E-state index contributed by atoms with van der Waals surface area (Å²) in [5, 5.41) is -0.195. The molecular formula is C13H13N3O3S. The Morgan fingerprint density at radius 1 is 1.15 bits per heavy atom. The number of primary amides is 1. The molecule has 4 N–H and O–H groups in total. The number of nitrogen functional groups attached to an aromatic ring is 1. The first kappa shape index (κ1) is 14.0. The first-order valence-electron chi connectivity index (χ1n) is 5.73. The number of amides is 1. The predicted octanol–water partition coefficient (Wildman–Crippen LogP) is 0.737. The number of anilines is 1. The van der Waals surface area contributed by atoms with E-state index in [1.807, 2.05) is 0 Å². The van der Waals surface area contributed by atoms with E-state index in [-0.39, 0.29) is 22.0 Å². The molecule has 1 heterocycles. The van der Waals surface area contributed by atoms with Gasteiger partial charge in [-0.15, -0.1) is 0 Å². The highest BCUT2D eigenvalue weighted by Crippen LogP contribution is 2.21. The van der Waals surface area contributed by atoms with Gasteiger partial charge in [0.05, 0.1) is 11.4 Å². The monoisotopic (exact) mass is 291 g/mol. The summed E-state index contributed by atoms with van der Waals surface area (Å²) in [4.78, 5) is 15.1. The first-order valence-corrected chi connectivity index (χ1v) is 7.38. The van der Waals surface area contributed by atoms with Crippen LogP contribution in [0, 0.1) is 0 Å². The highest BCUT2D eigenvalue weighted by atomic mass is 32.2. The number of sulfone groups is 1. The van der Waals surface area contributed by atoms with Crippen molar-refractivity contribution in [3.8, 4) is 0 Å². The van der Waals surface area contributed by atoms with Gasteiger partial charge in [-0.3, -0.25) is 4.79 Å². The molecule has 0 aliphatic heterocycles. The van der Waals surface area contributed by atoms with Crippen LogP contribution in [0.2, 0.25) is 0 Å². The molecule has 0 saturated heterocycles. The second-order valence-electron chi connectivity index (χ2n) is 4.18. The van der Waals surface area contributed by atoms with Crippen molar-refractivity contribution in [1.29, 1.82) is 0 Å². The van der Waals surface area contributed by atoms with Gasteiger partial charge in [-0.1, -0.05) is 18.2 Å². The van der Waals surface area contributed by atoms with Gasteiger partial charge in [-0.2, -0.15) is 0 Å². The van der Waals surface area contributed by atoms with Gasteiger partial charge in [0, 0.05) is 11.8 Å². The maximum absolute atomic E-state index is 12.3. The molecule has 7 heteroatoms. The van der Waals surface area contributed by atoms with Gasteiger partial charge < -0.3 is 11.5 Å². The van der Waals surface area contributed by atoms with Crippen LogP contribution in [0.15, 0.2) is 47.6 Å². The molecule has 0 spiro atoms. The zero-order chi connectivity index (χ0) is 14.8. The maximum atomic E-state index is 12.3. The standard InChI is InChI=1S/C13H13N3O3S/c14-11-6-3-7-16-13(11)20(18,19)8-9-4-1-2-5-10(9)12(15)17/h1-7H,8,14H2,(H2,15,17). The summed E-state index contributed by atoms with van der Waals surface area (Å²) in [6, 6.07) is 9.28. The normalized spacial score (nSPS) is 11.2. The molecule has 2 aromatic rings. The van der Waals surface area contributed by atoms with Crippen molar-refractivity contribution < 1.29 is 13.2 Å². The van der Waals surface area contributed by atoms with Crippen molar-refractivity contribution in [1.82, 2.24) is 4.98 Å². The Balaban J connectivity index is 2.45. The SMILES string of the molecule is NC(=O)c1ccccc1CS(=O)(=O)c1ncccc1N. The van der Waals surface area contributed by atoms with Crippen molar-refractivity contribution in [2.45, 2.75) is 10.8 Å². The summed E-state index contributed by atoms with van der Waals surface area (Å²) in [6.45, 7) is 0. The van der Waals surface area contributed by atoms with Gasteiger partial charge in [0.15, 0.2) is 5.03 Å². The molecule has 1 amide bonds. The van der Waals surface area contributed by atoms with Crippen LogP contribution in [0.5, 0.6) is 0 Å². The molecule has 0 saturated carbocycles. The van der Waals surface area contributed by atoms with Crippen LogP contribution in [-0.4, -0.2) is 19.3 Å². The summed E-state index contributed by atoms with van der Waals surface area (Å²) in [5.41, 5.74) is 11.4. The number of carbonyl (C=O) groups is 1. The first-order chi connectivity index (χ1) is 9.42. The molecule has 0 bridgehead atoms. The second kappa shape index (κ2) is 5.30. The average Bonchev–Trinajstić information content (AvgIpc) is 2.39. The minimum absolute atomic E-state index is 0.0732. The van der Waals surface area contributed by atoms with E-state index in [0.29, 0.717) is 5.56 Å². The lowest BCUT2D eigenvalue weighted by Crippen LogP contribution is -2.16. The highest BCUT2D eigenvalue weighted by Gasteiger charge is 2.22. The molecule has 0 aliphatic rings. The van der Waals surface area contributed by atoms with Gasteiger partial charge in [0.2, 0.25) is 15.7 Å². The van der Waals surface area contributed by atoms with E-state index in [9.17, 15) is 13.2 Å². The molecule has 2 rings (SSSR count). The summed E-state index contributed by atoms with van der Waals surface area (Å²) >= 11 is 0. The summed E-state index contributed by atoms with van der Waals surface area (Å²) < 4.78 is 24.6. The Hall–Kier alpha value is -2.41. The van der Waals surface area contributed by atoms with E-state index >= 15 is 0 Å². The van der Waals surface area contributed by atoms with Gasteiger partial charge in [-0.25, -0.2) is 13.4 Å². The summed E-state index contributed by atoms with van der Waals surface area (Å²) in [7, 11) is -3.74. The van der Waals surface area contributed by atoms with Crippen LogP contribution >= 0.6 is 0 Å². The number of rotatable bonds is 4. The third-order valence-corrected chi connectivity index (χ3v) is 4.34. The molecule has 1 aromatic heterocycles. The molecule has 0 atom stereocenters. The van der Waals surface area contributed by atoms with E-state index in [4.69, 9.17) is 11.5 Å². The number of hydrogen-bond acceptors (Lipinski definition) is 5. The fourth-order valence-electron chi connectivity index (χ4n) is 1.82. The molecule has 0 unspecified atom stereocenters. The quantitative estimate of drug-likeness (QED) is 0.861. The molecule has 0 aliphatic carbocycles.